The smallest absolute Gasteiger partial charge is 0.244 e. The molecule has 0 bridgehead atoms. The Morgan fingerprint density at radius 2 is 0.902 bits per heavy atom. The van der Waals surface area contributed by atoms with Crippen molar-refractivity contribution in [1.82, 2.24) is 73.3 Å². The summed E-state index contributed by atoms with van der Waals surface area (Å²) in [6.07, 6.45) is 37.9. The van der Waals surface area contributed by atoms with Crippen LogP contribution in [0, 0.1) is 63.4 Å². The van der Waals surface area contributed by atoms with Gasteiger partial charge in [0.15, 0.2) is 5.82 Å². The van der Waals surface area contributed by atoms with E-state index < -0.39 is 0 Å². The van der Waals surface area contributed by atoms with Crippen molar-refractivity contribution in [2.24, 2.45) is 28.2 Å². The fourth-order valence-corrected chi connectivity index (χ4v) is 10.6. The predicted octanol–water partition coefficient (Wildman–Crippen LogP) is 8.84. The molecule has 0 atom stereocenters. The molecule has 16 aromatic rings. The molecule has 23 heteroatoms. The van der Waals surface area contributed by atoms with E-state index in [1.165, 1.54) is 6.33 Å². The SMILES string of the molecule is C[n+]1[c-]n(-c2[c-]c(Cc3cccc(-c4ccc[n-]4)n3)ccc2)cc1.C[n+]1[c-]n(-c2[c-]c(Cc3ccnc(-c4cnc[n-]4)n3)ccc2)cc1.Cc1cc(-c2[c-]c(Cc3cccc(-n4[c-][n+](C)cc4)n3)ccc2)[n-]n1.Cc1ccc(-c2cccc(Cc3[c-]c(-n4[c-][n+](C)cc4)ccc3)n2)[n-]1.[Pd].[Pd].[Pd].[Pd]. The number of imidazole rings is 5. The molecule has 0 saturated heterocycles. The summed E-state index contributed by atoms with van der Waals surface area (Å²) in [6.45, 7) is 3.93. The Balaban J connectivity index is 0.000000156. The first-order valence-corrected chi connectivity index (χ1v) is 31.6. The van der Waals surface area contributed by atoms with Crippen LogP contribution in [0.3, 0.4) is 0 Å². The average molecular weight is 1710 g/mol. The van der Waals surface area contributed by atoms with Gasteiger partial charge in [0.2, 0.25) is 25.3 Å². The quantitative estimate of drug-likeness (QED) is 0.0512. The Morgan fingerprint density at radius 3 is 1.36 bits per heavy atom. The molecule has 0 amide bonds. The molecule has 4 aromatic carbocycles. The van der Waals surface area contributed by atoms with Crippen LogP contribution in [0.1, 0.15) is 56.4 Å². The van der Waals surface area contributed by atoms with Gasteiger partial charge in [-0.25, -0.2) is 15.7 Å². The molecule has 12 heterocycles. The molecule has 0 fully saturated rings. The van der Waals surface area contributed by atoms with Gasteiger partial charge in [-0.1, -0.05) is 85.0 Å². The number of aryl methyl sites for hydroxylation is 6. The van der Waals surface area contributed by atoms with Gasteiger partial charge in [-0.05, 0) is 80.8 Å². The zero-order valence-corrected chi connectivity index (χ0v) is 62.3. The van der Waals surface area contributed by atoms with Crippen molar-refractivity contribution >= 4 is 0 Å². The number of rotatable bonds is 16. The summed E-state index contributed by atoms with van der Waals surface area (Å²) in [4.78, 5) is 39.9. The zero-order chi connectivity index (χ0) is 67.2. The Kier molecular flexibility index (Phi) is 27.2. The third-order valence-corrected chi connectivity index (χ3v) is 15.3. The van der Waals surface area contributed by atoms with E-state index in [9.17, 15) is 0 Å². The third kappa shape index (κ3) is 20.5. The molecule has 102 heavy (non-hydrogen) atoms. The fourth-order valence-electron chi connectivity index (χ4n) is 10.6. The molecule has 0 aliphatic carbocycles. The second kappa shape index (κ2) is 36.5. The fraction of sp³-hybridized carbons (Fsp3) is 0.127. The van der Waals surface area contributed by atoms with E-state index in [1.54, 1.807) is 18.6 Å². The van der Waals surface area contributed by atoms with Gasteiger partial charge >= 0.3 is 0 Å². The number of aromatic nitrogens is 19. The number of hydrogen-bond acceptors (Lipinski definition) is 7. The summed E-state index contributed by atoms with van der Waals surface area (Å²) < 4.78 is 15.2. The molecule has 0 aliphatic heterocycles. The van der Waals surface area contributed by atoms with E-state index in [2.05, 4.69) is 108 Å². The minimum Gasteiger partial charge on any atom is -0.662 e. The third-order valence-electron chi connectivity index (χ3n) is 15.3. The molecule has 16 rings (SSSR count). The van der Waals surface area contributed by atoms with E-state index in [-0.39, 0.29) is 81.7 Å². The van der Waals surface area contributed by atoms with Crippen LogP contribution < -0.4 is 38.3 Å². The predicted molar refractivity (Wildman–Crippen MR) is 365 cm³/mol. The van der Waals surface area contributed by atoms with Gasteiger partial charge in [-0.15, -0.1) is 41.2 Å². The van der Waals surface area contributed by atoms with Gasteiger partial charge in [-0.3, -0.25) is 15.0 Å². The van der Waals surface area contributed by atoms with E-state index in [0.29, 0.717) is 24.4 Å². The van der Waals surface area contributed by atoms with Crippen LogP contribution in [0.5, 0.6) is 0 Å². The average Bonchev–Trinajstić information content (AvgIpc) is 1.59. The first-order chi connectivity index (χ1) is 47.9. The minimum atomic E-state index is 0. The van der Waals surface area contributed by atoms with E-state index in [4.69, 9.17) is 15.0 Å². The van der Waals surface area contributed by atoms with Gasteiger partial charge < -0.3 is 66.7 Å². The van der Waals surface area contributed by atoms with E-state index in [1.807, 2.05) is 274 Å². The van der Waals surface area contributed by atoms with Gasteiger partial charge in [0.05, 0.1) is 28.2 Å². The van der Waals surface area contributed by atoms with Gasteiger partial charge in [0.25, 0.3) is 0 Å². The molecule has 0 aliphatic rings. The Morgan fingerprint density at radius 1 is 0.422 bits per heavy atom. The van der Waals surface area contributed by atoms with Crippen LogP contribution in [-0.4, -0.2) is 53.3 Å². The molecular weight excluding hydrogens is 1640 g/mol. The van der Waals surface area contributed by atoms with Crippen molar-refractivity contribution in [2.75, 3.05) is 0 Å². The molecule has 0 unspecified atom stereocenters. The maximum Gasteiger partial charge on any atom is 0.244 e. The number of nitrogens with zero attached hydrogens (tertiary/aromatic N) is 19. The van der Waals surface area contributed by atoms with Crippen LogP contribution in [0.2, 0.25) is 0 Å². The van der Waals surface area contributed by atoms with Crippen LogP contribution in [-0.2, 0) is 136 Å². The first kappa shape index (κ1) is 76.1. The molecule has 0 saturated carbocycles. The van der Waals surface area contributed by atoms with Crippen LogP contribution >= 0.6 is 0 Å². The number of benzene rings is 4. The minimum absolute atomic E-state index is 0. The summed E-state index contributed by atoms with van der Waals surface area (Å²) in [5, 5.41) is 8.25. The second-order valence-corrected chi connectivity index (χ2v) is 23.2. The van der Waals surface area contributed by atoms with Crippen LogP contribution in [0.15, 0.2) is 238 Å². The van der Waals surface area contributed by atoms with Crippen molar-refractivity contribution in [3.05, 3.63) is 344 Å². The molecular formula is C79H65N19Pd4-8. The Bertz CT molecular complexity index is 4760. The molecule has 19 nitrogen and oxygen atoms in total. The van der Waals surface area contributed by atoms with Gasteiger partial charge in [0.1, 0.15) is 5.82 Å². The number of pyridine rings is 3. The van der Waals surface area contributed by atoms with E-state index >= 15 is 0 Å². The molecule has 524 valence electrons. The normalized spacial score (nSPS) is 10.5. The zero-order valence-electron chi connectivity index (χ0n) is 56.1. The number of hydrogen-bond donors (Lipinski definition) is 0. The van der Waals surface area contributed by atoms with Gasteiger partial charge in [-0.2, -0.15) is 107 Å². The van der Waals surface area contributed by atoms with Crippen LogP contribution in [0.4, 0.5) is 0 Å². The Labute approximate surface area is 648 Å². The van der Waals surface area contributed by atoms with Crippen molar-refractivity contribution < 1.29 is 100.0 Å². The van der Waals surface area contributed by atoms with Crippen molar-refractivity contribution in [3.63, 3.8) is 0 Å². The first-order valence-electron chi connectivity index (χ1n) is 31.6. The maximum atomic E-state index is 4.76. The summed E-state index contributed by atoms with van der Waals surface area (Å²) >= 11 is 0. The van der Waals surface area contributed by atoms with E-state index in [0.717, 1.165) is 126 Å². The molecule has 0 N–H and O–H groups in total. The van der Waals surface area contributed by atoms with Gasteiger partial charge in [0, 0.05) is 177 Å². The summed E-state index contributed by atoms with van der Waals surface area (Å²) in [5.41, 5.74) is 19.2. The maximum absolute atomic E-state index is 4.76. The second-order valence-electron chi connectivity index (χ2n) is 23.2. The van der Waals surface area contributed by atoms with Crippen molar-refractivity contribution in [1.29, 1.82) is 0 Å². The molecule has 0 spiro atoms. The Hall–Kier alpha value is -10.1. The summed E-state index contributed by atoms with van der Waals surface area (Å²) in [7, 11) is 7.78. The standard InChI is InChI=1S/C21H18N4.C20H17N5.C20H16N4.C18H14N6.4Pd/c1-16-9-10-21(22-16)20-8-4-6-18(23-20)13-17-5-3-7-19(14-17)25-12-11-24(2)15-25;1-15-11-19(23-22-15)17-6-3-5-16(12-17)13-18-7-4-8-20(21-18)25-10-9-24(2)14-25;1-23-11-12-24(15-23)18-7-2-5-16(14-18)13-17-6-3-8-20(22-17)19-9-4-10-21-19;1-23-7-8-24(13-23)16-4-2-3-14(10-16)9-15-5-6-20-18(22-15)17-11-19-12-21-17;;;;/h3-12H,13H2,1-2H3;3-11H,13H2,1-2H3;2-12H,13H2,1H3;2-8,11-12H,9H2,1H3;;;;/q4*-2;;;;. The molecule has 0 radical (unpaired) electrons. The van der Waals surface area contributed by atoms with Crippen molar-refractivity contribution in [2.45, 2.75) is 39.5 Å². The largest absolute Gasteiger partial charge is 0.662 e. The summed E-state index contributed by atoms with van der Waals surface area (Å²) in [6, 6.07) is 68.1. The topological polar surface area (TPSA) is 182 Å². The molecule has 12 aromatic heterocycles. The van der Waals surface area contributed by atoms with Crippen molar-refractivity contribution in [3.8, 4) is 68.4 Å². The monoisotopic (exact) mass is 1700 g/mol. The van der Waals surface area contributed by atoms with Crippen LogP contribution in [0.25, 0.3) is 68.4 Å². The summed E-state index contributed by atoms with van der Waals surface area (Å²) in [5.74, 6) is 1.44.